The molecule has 4 heteroatoms. The predicted molar refractivity (Wildman–Crippen MR) is 72.7 cm³/mol. The second-order valence-electron chi connectivity index (χ2n) is 4.17. The van der Waals surface area contributed by atoms with E-state index in [9.17, 15) is 0 Å². The first-order valence-corrected chi connectivity index (χ1v) is 6.44. The Hall–Kier alpha value is -1.13. The summed E-state index contributed by atoms with van der Waals surface area (Å²) in [5.74, 6) is 0. The monoisotopic (exact) mass is 293 g/mol. The van der Waals surface area contributed by atoms with Crippen LogP contribution in [0.3, 0.4) is 0 Å². The topological polar surface area (TPSA) is 40.7 Å². The van der Waals surface area contributed by atoms with Crippen molar-refractivity contribution in [3.05, 3.63) is 51.8 Å². The summed E-state index contributed by atoms with van der Waals surface area (Å²) in [5.41, 5.74) is 3.63. The van der Waals surface area contributed by atoms with Crippen LogP contribution in [0.25, 0.3) is 0 Å². The molecule has 0 aliphatic rings. The summed E-state index contributed by atoms with van der Waals surface area (Å²) in [4.78, 5) is 0. The standard InChI is InChI=1S/C13H16BrN3/c1-9(11-3-5-13(14)6-4-11)15-7-12-8-16-17-10(12)2/h3-6,8-9,15H,7H2,1-2H3,(H,16,17). The number of rotatable bonds is 4. The fraction of sp³-hybridized carbons (Fsp3) is 0.308. The summed E-state index contributed by atoms with van der Waals surface area (Å²) in [7, 11) is 0. The molecule has 0 aliphatic carbocycles. The molecule has 1 aromatic carbocycles. The molecule has 0 saturated carbocycles. The number of nitrogens with zero attached hydrogens (tertiary/aromatic N) is 1. The van der Waals surface area contributed by atoms with E-state index in [0.29, 0.717) is 6.04 Å². The zero-order valence-corrected chi connectivity index (χ0v) is 11.6. The van der Waals surface area contributed by atoms with Crippen LogP contribution in [0.1, 0.15) is 29.8 Å². The van der Waals surface area contributed by atoms with Crippen LogP contribution in [0, 0.1) is 6.92 Å². The minimum atomic E-state index is 0.331. The number of aryl methyl sites for hydroxylation is 1. The number of benzene rings is 1. The van der Waals surface area contributed by atoms with Crippen molar-refractivity contribution < 1.29 is 0 Å². The fourth-order valence-electron chi connectivity index (χ4n) is 1.69. The first-order valence-electron chi connectivity index (χ1n) is 5.64. The highest BCUT2D eigenvalue weighted by atomic mass is 79.9. The van der Waals surface area contributed by atoms with E-state index >= 15 is 0 Å². The number of hydrogen-bond acceptors (Lipinski definition) is 2. The molecule has 0 saturated heterocycles. The molecule has 0 fully saturated rings. The van der Waals surface area contributed by atoms with Crippen LogP contribution in [0.5, 0.6) is 0 Å². The van der Waals surface area contributed by atoms with Crippen molar-refractivity contribution in [2.75, 3.05) is 0 Å². The van der Waals surface area contributed by atoms with Gasteiger partial charge in [-0.2, -0.15) is 5.10 Å². The zero-order valence-electron chi connectivity index (χ0n) is 10.00. The van der Waals surface area contributed by atoms with Crippen molar-refractivity contribution >= 4 is 15.9 Å². The van der Waals surface area contributed by atoms with Gasteiger partial charge in [0.05, 0.1) is 6.20 Å². The molecular weight excluding hydrogens is 278 g/mol. The van der Waals surface area contributed by atoms with Gasteiger partial charge in [-0.05, 0) is 31.5 Å². The molecule has 0 amide bonds. The Kier molecular flexibility index (Phi) is 3.97. The average Bonchev–Trinajstić information content (AvgIpc) is 2.73. The SMILES string of the molecule is Cc1[nH]ncc1CNC(C)c1ccc(Br)cc1. The lowest BCUT2D eigenvalue weighted by Crippen LogP contribution is -2.18. The third-order valence-corrected chi connectivity index (χ3v) is 3.43. The summed E-state index contributed by atoms with van der Waals surface area (Å²) < 4.78 is 1.11. The maximum Gasteiger partial charge on any atom is 0.0535 e. The lowest BCUT2D eigenvalue weighted by molar-refractivity contribution is 0.573. The highest BCUT2D eigenvalue weighted by Crippen LogP contribution is 2.17. The third kappa shape index (κ3) is 3.17. The van der Waals surface area contributed by atoms with Crippen LogP contribution in [0.15, 0.2) is 34.9 Å². The first-order chi connectivity index (χ1) is 8.16. The highest BCUT2D eigenvalue weighted by Gasteiger charge is 2.06. The molecule has 2 rings (SSSR count). The lowest BCUT2D eigenvalue weighted by Gasteiger charge is -2.14. The second kappa shape index (κ2) is 5.47. The second-order valence-corrected chi connectivity index (χ2v) is 5.09. The summed E-state index contributed by atoms with van der Waals surface area (Å²) in [6.45, 7) is 5.03. The van der Waals surface area contributed by atoms with Crippen LogP contribution in [-0.4, -0.2) is 10.2 Å². The van der Waals surface area contributed by atoms with Crippen molar-refractivity contribution in [2.45, 2.75) is 26.4 Å². The van der Waals surface area contributed by atoms with Gasteiger partial charge < -0.3 is 5.32 Å². The van der Waals surface area contributed by atoms with Gasteiger partial charge in [0.2, 0.25) is 0 Å². The van der Waals surface area contributed by atoms with Gasteiger partial charge in [0.15, 0.2) is 0 Å². The number of halogens is 1. The number of hydrogen-bond donors (Lipinski definition) is 2. The molecule has 3 nitrogen and oxygen atoms in total. The van der Waals surface area contributed by atoms with Gasteiger partial charge in [0.1, 0.15) is 0 Å². The predicted octanol–water partition coefficient (Wildman–Crippen LogP) is 3.33. The molecule has 1 heterocycles. The summed E-state index contributed by atoms with van der Waals surface area (Å²) >= 11 is 3.44. The number of aromatic amines is 1. The van der Waals surface area contributed by atoms with Crippen molar-refractivity contribution in [1.82, 2.24) is 15.5 Å². The molecule has 0 radical (unpaired) electrons. The van der Waals surface area contributed by atoms with Gasteiger partial charge in [-0.3, -0.25) is 5.10 Å². The van der Waals surface area contributed by atoms with E-state index in [-0.39, 0.29) is 0 Å². The minimum Gasteiger partial charge on any atom is -0.306 e. The summed E-state index contributed by atoms with van der Waals surface area (Å²) in [6, 6.07) is 8.72. The van der Waals surface area contributed by atoms with Gasteiger partial charge in [-0.1, -0.05) is 28.1 Å². The van der Waals surface area contributed by atoms with Crippen LogP contribution < -0.4 is 5.32 Å². The highest BCUT2D eigenvalue weighted by molar-refractivity contribution is 9.10. The molecule has 2 N–H and O–H groups in total. The molecule has 0 spiro atoms. The molecule has 90 valence electrons. The number of nitrogens with one attached hydrogen (secondary N) is 2. The Bertz CT molecular complexity index is 476. The van der Waals surface area contributed by atoms with Gasteiger partial charge >= 0.3 is 0 Å². The smallest absolute Gasteiger partial charge is 0.0535 e. The third-order valence-electron chi connectivity index (χ3n) is 2.90. The molecular formula is C13H16BrN3. The van der Waals surface area contributed by atoms with Crippen molar-refractivity contribution in [1.29, 1.82) is 0 Å². The Morgan fingerprint density at radius 2 is 2.06 bits per heavy atom. The molecule has 1 atom stereocenters. The number of aromatic nitrogens is 2. The van der Waals surface area contributed by atoms with Crippen molar-refractivity contribution in [2.24, 2.45) is 0 Å². The van der Waals surface area contributed by atoms with Gasteiger partial charge in [0.25, 0.3) is 0 Å². The zero-order chi connectivity index (χ0) is 12.3. The van der Waals surface area contributed by atoms with Gasteiger partial charge in [-0.25, -0.2) is 0 Å². The number of H-pyrrole nitrogens is 1. The Balaban J connectivity index is 1.95. The molecule has 2 aromatic rings. The molecule has 1 aromatic heterocycles. The molecule has 0 aliphatic heterocycles. The lowest BCUT2D eigenvalue weighted by atomic mass is 10.1. The quantitative estimate of drug-likeness (QED) is 0.908. The van der Waals surface area contributed by atoms with E-state index in [1.54, 1.807) is 0 Å². The van der Waals surface area contributed by atoms with Crippen LogP contribution >= 0.6 is 15.9 Å². The molecule has 0 bridgehead atoms. The van der Waals surface area contributed by atoms with E-state index < -0.39 is 0 Å². The molecule has 1 unspecified atom stereocenters. The fourth-order valence-corrected chi connectivity index (χ4v) is 1.95. The molecule has 17 heavy (non-hydrogen) atoms. The van der Waals surface area contributed by atoms with Crippen LogP contribution in [0.2, 0.25) is 0 Å². The van der Waals surface area contributed by atoms with Crippen molar-refractivity contribution in [3.63, 3.8) is 0 Å². The van der Waals surface area contributed by atoms with Gasteiger partial charge in [0, 0.05) is 28.3 Å². The largest absolute Gasteiger partial charge is 0.306 e. The summed E-state index contributed by atoms with van der Waals surface area (Å²) in [6.07, 6.45) is 1.87. The Morgan fingerprint density at radius 1 is 1.35 bits per heavy atom. The first kappa shape index (κ1) is 12.3. The van der Waals surface area contributed by atoms with E-state index in [2.05, 4.69) is 62.6 Å². The van der Waals surface area contributed by atoms with Crippen LogP contribution in [-0.2, 0) is 6.54 Å². The summed E-state index contributed by atoms with van der Waals surface area (Å²) in [5, 5.41) is 10.4. The van der Waals surface area contributed by atoms with Crippen molar-refractivity contribution in [3.8, 4) is 0 Å². The Morgan fingerprint density at radius 3 is 2.65 bits per heavy atom. The minimum absolute atomic E-state index is 0.331. The van der Waals surface area contributed by atoms with Crippen LogP contribution in [0.4, 0.5) is 0 Å². The maximum atomic E-state index is 4.01. The average molecular weight is 294 g/mol. The van der Waals surface area contributed by atoms with E-state index in [1.807, 2.05) is 13.1 Å². The Labute approximate surface area is 110 Å². The van der Waals surface area contributed by atoms with E-state index in [1.165, 1.54) is 11.1 Å². The van der Waals surface area contributed by atoms with E-state index in [4.69, 9.17) is 0 Å². The normalized spacial score (nSPS) is 12.6. The van der Waals surface area contributed by atoms with E-state index in [0.717, 1.165) is 16.7 Å². The maximum absolute atomic E-state index is 4.01. The van der Waals surface area contributed by atoms with Gasteiger partial charge in [-0.15, -0.1) is 0 Å².